The Kier molecular flexibility index (Phi) is 24.5. The molecule has 472 valence electrons. The van der Waals surface area contributed by atoms with Crippen molar-refractivity contribution >= 4 is 110 Å². The van der Waals surface area contributed by atoms with Crippen LogP contribution in [-0.2, 0) is 64.9 Å². The summed E-state index contributed by atoms with van der Waals surface area (Å²) in [7, 11) is 2.08. The second kappa shape index (κ2) is 30.5. The van der Waals surface area contributed by atoms with E-state index in [9.17, 15) is 0 Å². The Morgan fingerprint density at radius 1 is 0.529 bits per heavy atom. The number of nitrogens with zero attached hydrogens (tertiary/aromatic N) is 12. The first-order chi connectivity index (χ1) is 41.0. The van der Waals surface area contributed by atoms with Crippen LogP contribution in [0.1, 0.15) is 54.4 Å². The van der Waals surface area contributed by atoms with Gasteiger partial charge in [-0.2, -0.15) is 27.9 Å². The van der Waals surface area contributed by atoms with Gasteiger partial charge in [0.15, 0.2) is 0 Å². The van der Waals surface area contributed by atoms with E-state index in [0.717, 1.165) is 115 Å². The van der Waals surface area contributed by atoms with Crippen LogP contribution in [0.3, 0.4) is 0 Å². The zero-order chi connectivity index (χ0) is 63.5. The number of pyridine rings is 3. The second-order valence-electron chi connectivity index (χ2n) is 27.2. The summed E-state index contributed by atoms with van der Waals surface area (Å²) in [6.45, 7) is 37.8. The van der Waals surface area contributed by atoms with Crippen LogP contribution in [0, 0.1) is 0 Å². The van der Waals surface area contributed by atoms with E-state index < -0.39 is 42.5 Å². The Hall–Kier alpha value is -4.60. The molecule has 9 aromatic heterocycles. The normalized spacial score (nSPS) is 14.1. The molecular formula is C63H96BBrN12O5S2Si3. The lowest BCUT2D eigenvalue weighted by Crippen LogP contribution is -2.41. The molecule has 1 saturated heterocycles. The Balaban J connectivity index is 0.000000182. The van der Waals surface area contributed by atoms with Gasteiger partial charge in [-0.25, -0.2) is 15.0 Å². The van der Waals surface area contributed by atoms with E-state index in [1.54, 1.807) is 0 Å². The first-order valence-corrected chi connectivity index (χ1v) is 43.9. The average molecular weight is 1340 g/mol. The van der Waals surface area contributed by atoms with E-state index >= 15 is 0 Å². The number of aromatic nitrogens is 12. The maximum absolute atomic E-state index is 6.26. The SMILES string of the molecule is CCCS.CCCSc1cnc2c(c1)c(-c1cnn(C)c1)cn2COCC[Si](C)(C)C.Cn1cc(-c2cn(COCC[Si](C)(C)C)c3ncc(B4OC(C)(C)C(C)(C)O4)cc23)cn1.Cn1cc(-c2cn(COCC[Si](C)(C)C)c3ncc(Br)cc23)cn1. The number of ether oxygens (including phenoxy) is 3. The van der Waals surface area contributed by atoms with Gasteiger partial charge in [0.25, 0.3) is 0 Å². The predicted octanol–water partition coefficient (Wildman–Crippen LogP) is 15.1. The highest BCUT2D eigenvalue weighted by Gasteiger charge is 2.52. The summed E-state index contributed by atoms with van der Waals surface area (Å²) in [5.41, 5.74) is 9.54. The van der Waals surface area contributed by atoms with Crippen LogP contribution in [0.2, 0.25) is 77.1 Å². The van der Waals surface area contributed by atoms with Gasteiger partial charge in [0.1, 0.15) is 37.1 Å². The maximum atomic E-state index is 6.26. The highest BCUT2D eigenvalue weighted by atomic mass is 79.9. The lowest BCUT2D eigenvalue weighted by atomic mass is 9.80. The molecule has 0 aromatic carbocycles. The molecule has 0 N–H and O–H groups in total. The Bertz CT molecular complexity index is 3630. The number of hydrogen-bond acceptors (Lipinski definition) is 13. The summed E-state index contributed by atoms with van der Waals surface area (Å²) in [4.78, 5) is 15.4. The Morgan fingerprint density at radius 3 is 1.25 bits per heavy atom. The summed E-state index contributed by atoms with van der Waals surface area (Å²) in [6.07, 6.45) is 26.1. The number of rotatable bonds is 23. The summed E-state index contributed by atoms with van der Waals surface area (Å²) in [5, 5.41) is 16.3. The van der Waals surface area contributed by atoms with Crippen LogP contribution in [0.25, 0.3) is 66.5 Å². The smallest absolute Gasteiger partial charge is 0.399 e. The third-order valence-corrected chi connectivity index (χ3v) is 22.2. The summed E-state index contributed by atoms with van der Waals surface area (Å²) < 4.78 is 43.2. The second-order valence-corrected chi connectivity index (χ2v) is 46.6. The Labute approximate surface area is 538 Å². The lowest BCUT2D eigenvalue weighted by Gasteiger charge is -2.32. The van der Waals surface area contributed by atoms with Crippen LogP contribution >= 0.6 is 40.3 Å². The topological polar surface area (TPSA) is 153 Å². The predicted molar refractivity (Wildman–Crippen MR) is 377 cm³/mol. The van der Waals surface area contributed by atoms with Crippen molar-refractivity contribution in [2.75, 3.05) is 31.3 Å². The molecule has 0 amide bonds. The van der Waals surface area contributed by atoms with Gasteiger partial charge in [-0.3, -0.25) is 14.0 Å². The number of thioether (sulfide) groups is 1. The number of halogens is 1. The van der Waals surface area contributed by atoms with E-state index in [2.05, 4.69) is 206 Å². The number of fused-ring (bicyclic) bond motifs is 3. The molecule has 10 heterocycles. The molecule has 0 unspecified atom stereocenters. The lowest BCUT2D eigenvalue weighted by molar-refractivity contribution is 0.00578. The molecule has 1 fully saturated rings. The number of thiol groups is 1. The van der Waals surface area contributed by atoms with Gasteiger partial charge < -0.3 is 37.2 Å². The minimum Gasteiger partial charge on any atom is -0.399 e. The highest BCUT2D eigenvalue weighted by molar-refractivity contribution is 9.10. The maximum Gasteiger partial charge on any atom is 0.496 e. The zero-order valence-electron chi connectivity index (χ0n) is 55.1. The number of hydrogen-bond donors (Lipinski definition) is 1. The third-order valence-electron chi connectivity index (χ3n) is 15.1. The van der Waals surface area contributed by atoms with E-state index in [1.807, 2.05) is 96.5 Å². The minimum atomic E-state index is -1.13. The van der Waals surface area contributed by atoms with Gasteiger partial charge in [0.2, 0.25) is 0 Å². The third kappa shape index (κ3) is 19.7. The molecule has 17 nitrogen and oxygen atoms in total. The van der Waals surface area contributed by atoms with Crippen molar-refractivity contribution in [1.82, 2.24) is 58.0 Å². The first kappa shape index (κ1) is 69.9. The van der Waals surface area contributed by atoms with Crippen LogP contribution in [0.15, 0.2) is 102 Å². The standard InChI is InChI=1S/C23H35BN4O3Si.C20H30N4OSSi.C17H23BrN4OSi.C3H8S/c1-22(2)23(3,4)31-24(30-22)18-11-19-20(17-12-26-27(5)14-17)15-28(21(19)25-13-18)16-29-9-10-32(6,7)8;1-6-8-26-17-10-18-19(16-11-22-23(2)13-16)14-24(20(18)21-12-17)15-25-7-9-27(3,4)5;1-21-10-13(8-20-21)16-11-22(12-23-5-6-24(2,3)4)17-15(16)7-14(18)9-19-17;1-2-3-4/h11-15H,9-10,16H2,1-8H3;10-14H,6-9,15H2,1-5H3;7-11H,5-6,12H2,1-4H3;4H,2-3H2,1H3. The van der Waals surface area contributed by atoms with Gasteiger partial charge >= 0.3 is 7.12 Å². The molecule has 24 heteroatoms. The fraction of sp³-hybridized carbons (Fsp3) is 0.524. The van der Waals surface area contributed by atoms with Crippen LogP contribution in [0.5, 0.6) is 0 Å². The monoisotopic (exact) mass is 1340 g/mol. The quantitative estimate of drug-likeness (QED) is 0.0281. The molecule has 10 rings (SSSR count). The summed E-state index contributed by atoms with van der Waals surface area (Å²) in [6, 6.07) is 9.97. The minimum absolute atomic E-state index is 0.394. The summed E-state index contributed by atoms with van der Waals surface area (Å²) in [5.74, 6) is 2.12. The highest BCUT2D eigenvalue weighted by Crippen LogP contribution is 2.38. The van der Waals surface area contributed by atoms with Crippen molar-refractivity contribution in [3.05, 3.63) is 97.0 Å². The van der Waals surface area contributed by atoms with Gasteiger partial charge in [-0.05, 0) is 104 Å². The van der Waals surface area contributed by atoms with Crippen LogP contribution in [0.4, 0.5) is 0 Å². The van der Waals surface area contributed by atoms with Gasteiger partial charge in [-0.1, -0.05) is 72.8 Å². The first-order valence-electron chi connectivity index (χ1n) is 30.4. The van der Waals surface area contributed by atoms with Crippen molar-refractivity contribution in [2.45, 2.75) is 168 Å². The molecular weight excluding hydrogens is 1240 g/mol. The van der Waals surface area contributed by atoms with Crippen molar-refractivity contribution in [3.63, 3.8) is 0 Å². The fourth-order valence-corrected chi connectivity index (χ4v) is 12.6. The molecule has 87 heavy (non-hydrogen) atoms. The van der Waals surface area contributed by atoms with E-state index in [-0.39, 0.29) is 0 Å². The van der Waals surface area contributed by atoms with Crippen molar-refractivity contribution in [1.29, 1.82) is 0 Å². The van der Waals surface area contributed by atoms with Crippen molar-refractivity contribution in [2.24, 2.45) is 21.1 Å². The van der Waals surface area contributed by atoms with E-state index in [4.69, 9.17) is 33.5 Å². The van der Waals surface area contributed by atoms with Gasteiger partial charge in [-0.15, -0.1) is 11.8 Å². The molecule has 0 atom stereocenters. The molecule has 0 bridgehead atoms. The van der Waals surface area contributed by atoms with E-state index in [0.29, 0.717) is 20.2 Å². The fourth-order valence-electron chi connectivity index (χ4n) is 9.18. The van der Waals surface area contributed by atoms with Crippen molar-refractivity contribution in [3.8, 4) is 33.4 Å². The molecule has 0 aliphatic carbocycles. The number of aryl methyl sites for hydroxylation is 3. The molecule has 0 radical (unpaired) electrons. The van der Waals surface area contributed by atoms with Gasteiger partial charge in [0.05, 0.1) is 29.8 Å². The van der Waals surface area contributed by atoms with Crippen LogP contribution in [-0.4, -0.2) is 132 Å². The molecule has 9 aromatic rings. The van der Waals surface area contributed by atoms with Gasteiger partial charge in [0, 0.05) is 185 Å². The molecule has 0 spiro atoms. The van der Waals surface area contributed by atoms with Crippen LogP contribution < -0.4 is 5.46 Å². The molecule has 1 aliphatic heterocycles. The average Bonchev–Trinajstić information content (AvgIpc) is 1.93. The molecule has 1 aliphatic rings. The largest absolute Gasteiger partial charge is 0.496 e. The molecule has 0 saturated carbocycles. The van der Waals surface area contributed by atoms with Crippen molar-refractivity contribution < 1.29 is 23.5 Å². The summed E-state index contributed by atoms with van der Waals surface area (Å²) >= 11 is 9.30. The zero-order valence-corrected chi connectivity index (χ0v) is 61.4. The van der Waals surface area contributed by atoms with E-state index in [1.165, 1.54) is 29.0 Å². The Morgan fingerprint density at radius 2 is 0.897 bits per heavy atom.